The monoisotopic (exact) mass is 362 g/mol. The van der Waals surface area contributed by atoms with Gasteiger partial charge in [0.05, 0.1) is 13.2 Å². The highest BCUT2D eigenvalue weighted by Gasteiger charge is 2.24. The molecule has 0 radical (unpaired) electrons. The lowest BCUT2D eigenvalue weighted by Crippen LogP contribution is -2.42. The van der Waals surface area contributed by atoms with Crippen LogP contribution in [0.1, 0.15) is 24.8 Å². The van der Waals surface area contributed by atoms with Gasteiger partial charge < -0.3 is 20.3 Å². The van der Waals surface area contributed by atoms with Gasteiger partial charge in [0.25, 0.3) is 0 Å². The van der Waals surface area contributed by atoms with Crippen molar-refractivity contribution in [3.05, 3.63) is 29.8 Å². The van der Waals surface area contributed by atoms with E-state index in [9.17, 15) is 0 Å². The largest absolute Gasteiger partial charge is 0.378 e. The summed E-state index contributed by atoms with van der Waals surface area (Å²) in [5.74, 6) is 0.906. The molecule has 1 aliphatic carbocycles. The number of rotatable bonds is 5. The van der Waals surface area contributed by atoms with Gasteiger partial charge in [-0.2, -0.15) is 11.8 Å². The van der Waals surface area contributed by atoms with E-state index in [-0.39, 0.29) is 0 Å². The molecular formula is C19H30N4OS. The molecule has 1 saturated heterocycles. The molecule has 1 saturated carbocycles. The van der Waals surface area contributed by atoms with Crippen LogP contribution in [0.15, 0.2) is 29.3 Å². The molecule has 25 heavy (non-hydrogen) atoms. The number of para-hydroxylation sites is 1. The molecule has 1 aromatic rings. The Bertz CT molecular complexity index is 574. The Hall–Kier alpha value is -1.40. The number of ether oxygens (including phenoxy) is 1. The zero-order valence-electron chi connectivity index (χ0n) is 15.3. The van der Waals surface area contributed by atoms with Crippen LogP contribution >= 0.6 is 11.8 Å². The van der Waals surface area contributed by atoms with E-state index >= 15 is 0 Å². The Morgan fingerprint density at radius 2 is 2.08 bits per heavy atom. The summed E-state index contributed by atoms with van der Waals surface area (Å²) >= 11 is 1.98. The van der Waals surface area contributed by atoms with Crippen molar-refractivity contribution in [1.82, 2.24) is 10.6 Å². The normalized spacial score (nSPS) is 24.4. The quantitative estimate of drug-likeness (QED) is 0.622. The number of aliphatic imine (C=N–C) groups is 1. The molecule has 2 unspecified atom stereocenters. The first kappa shape index (κ1) is 18.4. The molecule has 2 atom stereocenters. The van der Waals surface area contributed by atoms with Crippen molar-refractivity contribution in [2.24, 2.45) is 4.99 Å². The third-order valence-corrected chi connectivity index (χ3v) is 6.17. The van der Waals surface area contributed by atoms with E-state index in [0.717, 1.165) is 44.1 Å². The minimum absolute atomic E-state index is 0.540. The van der Waals surface area contributed by atoms with Crippen LogP contribution in [0.4, 0.5) is 5.69 Å². The van der Waals surface area contributed by atoms with Crippen molar-refractivity contribution in [2.45, 2.75) is 37.1 Å². The fraction of sp³-hybridized carbons (Fsp3) is 0.632. The fourth-order valence-corrected chi connectivity index (χ4v) is 4.42. The highest BCUT2D eigenvalue weighted by Crippen LogP contribution is 2.28. The van der Waals surface area contributed by atoms with Crippen LogP contribution in [-0.2, 0) is 11.3 Å². The van der Waals surface area contributed by atoms with Gasteiger partial charge >= 0.3 is 0 Å². The Kier molecular flexibility index (Phi) is 6.87. The second-order valence-corrected chi connectivity index (χ2v) is 7.80. The number of nitrogens with one attached hydrogen (secondary N) is 2. The van der Waals surface area contributed by atoms with Crippen LogP contribution in [-0.4, -0.2) is 56.9 Å². The molecule has 0 bridgehead atoms. The molecule has 138 valence electrons. The van der Waals surface area contributed by atoms with Crippen molar-refractivity contribution < 1.29 is 4.74 Å². The minimum atomic E-state index is 0.540. The van der Waals surface area contributed by atoms with E-state index in [1.807, 2.05) is 18.8 Å². The molecule has 3 rings (SSSR count). The van der Waals surface area contributed by atoms with Crippen LogP contribution in [0.2, 0.25) is 0 Å². The summed E-state index contributed by atoms with van der Waals surface area (Å²) in [6, 6.07) is 9.17. The second-order valence-electron chi connectivity index (χ2n) is 6.67. The number of anilines is 1. The summed E-state index contributed by atoms with van der Waals surface area (Å²) in [5.41, 5.74) is 2.61. The first-order chi connectivity index (χ1) is 12.3. The maximum atomic E-state index is 5.48. The Balaban J connectivity index is 1.57. The van der Waals surface area contributed by atoms with Crippen LogP contribution in [0, 0.1) is 0 Å². The number of thioether (sulfide) groups is 1. The van der Waals surface area contributed by atoms with Gasteiger partial charge in [0.2, 0.25) is 0 Å². The molecule has 1 aromatic carbocycles. The molecule has 0 aromatic heterocycles. The van der Waals surface area contributed by atoms with Crippen molar-refractivity contribution >= 4 is 23.4 Å². The van der Waals surface area contributed by atoms with Crippen LogP contribution in [0.25, 0.3) is 0 Å². The van der Waals surface area contributed by atoms with Gasteiger partial charge in [-0.15, -0.1) is 0 Å². The van der Waals surface area contributed by atoms with E-state index in [0.29, 0.717) is 6.04 Å². The molecule has 2 fully saturated rings. The van der Waals surface area contributed by atoms with Crippen molar-refractivity contribution in [2.75, 3.05) is 44.5 Å². The average Bonchev–Trinajstić information content (AvgIpc) is 3.13. The van der Waals surface area contributed by atoms with Crippen molar-refractivity contribution in [1.29, 1.82) is 0 Å². The maximum Gasteiger partial charge on any atom is 0.191 e. The van der Waals surface area contributed by atoms with Gasteiger partial charge in [-0.25, -0.2) is 0 Å². The van der Waals surface area contributed by atoms with Gasteiger partial charge in [0.1, 0.15) is 0 Å². The highest BCUT2D eigenvalue weighted by atomic mass is 32.2. The average molecular weight is 363 g/mol. The lowest BCUT2D eigenvalue weighted by molar-refractivity contribution is 0.122. The standard InChI is InChI=1S/C19H30N4OS/c1-20-19(22-16-7-8-17(13-16)25-2)21-14-15-5-3-4-6-18(15)23-9-11-24-12-10-23/h3-6,16-17H,7-14H2,1-2H3,(H2,20,21,22). The van der Waals surface area contributed by atoms with Crippen LogP contribution in [0.5, 0.6) is 0 Å². The number of hydrogen-bond donors (Lipinski definition) is 2. The number of hydrogen-bond acceptors (Lipinski definition) is 4. The van der Waals surface area contributed by atoms with Gasteiger partial charge in [-0.3, -0.25) is 4.99 Å². The number of nitrogens with zero attached hydrogens (tertiary/aromatic N) is 2. The second kappa shape index (κ2) is 9.34. The van der Waals surface area contributed by atoms with Crippen LogP contribution < -0.4 is 15.5 Å². The molecule has 6 heteroatoms. The maximum absolute atomic E-state index is 5.48. The van der Waals surface area contributed by atoms with Crippen molar-refractivity contribution in [3.63, 3.8) is 0 Å². The summed E-state index contributed by atoms with van der Waals surface area (Å²) in [5, 5.41) is 7.88. The Morgan fingerprint density at radius 1 is 1.28 bits per heavy atom. The van der Waals surface area contributed by atoms with Gasteiger partial charge in [0.15, 0.2) is 5.96 Å². The molecule has 2 N–H and O–H groups in total. The number of guanidine groups is 1. The summed E-state index contributed by atoms with van der Waals surface area (Å²) in [6.45, 7) is 4.32. The van der Waals surface area contributed by atoms with Gasteiger partial charge in [-0.05, 0) is 37.1 Å². The van der Waals surface area contributed by atoms with Gasteiger partial charge in [0, 0.05) is 43.7 Å². The van der Waals surface area contributed by atoms with E-state index in [2.05, 4.69) is 51.0 Å². The summed E-state index contributed by atoms with van der Waals surface area (Å²) in [4.78, 5) is 6.83. The number of benzene rings is 1. The molecule has 1 aliphatic heterocycles. The van der Waals surface area contributed by atoms with Gasteiger partial charge in [-0.1, -0.05) is 18.2 Å². The molecule has 0 spiro atoms. The molecule has 0 amide bonds. The van der Waals surface area contributed by atoms with E-state index in [1.54, 1.807) is 0 Å². The summed E-state index contributed by atoms with van der Waals surface area (Å²) in [7, 11) is 1.85. The van der Waals surface area contributed by atoms with Crippen LogP contribution in [0.3, 0.4) is 0 Å². The predicted octanol–water partition coefficient (Wildman–Crippen LogP) is 2.47. The third-order valence-electron chi connectivity index (χ3n) is 5.07. The summed E-state index contributed by atoms with van der Waals surface area (Å²) in [6.07, 6.45) is 5.97. The Labute approximate surface area is 155 Å². The third kappa shape index (κ3) is 5.05. The lowest BCUT2D eigenvalue weighted by atomic mass is 10.1. The SMILES string of the molecule is CN=C(NCc1ccccc1N1CCOCC1)NC1CCC(SC)C1. The number of morpholine rings is 1. The van der Waals surface area contributed by atoms with E-state index in [1.165, 1.54) is 30.5 Å². The highest BCUT2D eigenvalue weighted by molar-refractivity contribution is 7.99. The lowest BCUT2D eigenvalue weighted by Gasteiger charge is -2.30. The van der Waals surface area contributed by atoms with E-state index < -0.39 is 0 Å². The molecule has 2 aliphatic rings. The molecule has 5 nitrogen and oxygen atoms in total. The zero-order valence-corrected chi connectivity index (χ0v) is 16.1. The van der Waals surface area contributed by atoms with Crippen molar-refractivity contribution in [3.8, 4) is 0 Å². The zero-order chi connectivity index (χ0) is 17.5. The molecule has 1 heterocycles. The summed E-state index contributed by atoms with van der Waals surface area (Å²) < 4.78 is 5.48. The Morgan fingerprint density at radius 3 is 2.80 bits per heavy atom. The topological polar surface area (TPSA) is 48.9 Å². The first-order valence-corrected chi connectivity index (χ1v) is 10.5. The van der Waals surface area contributed by atoms with E-state index in [4.69, 9.17) is 4.74 Å². The predicted molar refractivity (Wildman–Crippen MR) is 108 cm³/mol. The molecular weight excluding hydrogens is 332 g/mol. The smallest absolute Gasteiger partial charge is 0.191 e. The first-order valence-electron chi connectivity index (χ1n) is 9.20. The fourth-order valence-electron chi connectivity index (χ4n) is 3.63. The minimum Gasteiger partial charge on any atom is -0.378 e.